The van der Waals surface area contributed by atoms with E-state index in [9.17, 15) is 0 Å². The lowest BCUT2D eigenvalue weighted by molar-refractivity contribution is 0.0619. The second kappa shape index (κ2) is 3.61. The first kappa shape index (κ1) is 9.51. The molecule has 0 aromatic rings. The molecule has 5 unspecified atom stereocenters. The highest BCUT2D eigenvalue weighted by Gasteiger charge is 2.39. The van der Waals surface area contributed by atoms with Crippen molar-refractivity contribution in [3.63, 3.8) is 0 Å². The van der Waals surface area contributed by atoms with Crippen molar-refractivity contribution < 1.29 is 0 Å². The van der Waals surface area contributed by atoms with Gasteiger partial charge in [-0.15, -0.1) is 0 Å². The molecule has 1 aliphatic carbocycles. The van der Waals surface area contributed by atoms with Crippen LogP contribution in [-0.2, 0) is 0 Å². The van der Waals surface area contributed by atoms with Crippen LogP contribution in [0.15, 0.2) is 0 Å². The standard InChI is InChI=1S/C12H23N/c1-8-4-5-11-12(10(8)3)9(2)6-7-13-11/h8-13H,4-7H2,1-3H3. The first-order valence-corrected chi connectivity index (χ1v) is 5.93. The van der Waals surface area contributed by atoms with Crippen LogP contribution in [0.4, 0.5) is 0 Å². The van der Waals surface area contributed by atoms with Gasteiger partial charge < -0.3 is 5.32 Å². The maximum absolute atomic E-state index is 3.70. The molecule has 1 heteroatoms. The predicted octanol–water partition coefficient (Wildman–Crippen LogP) is 2.67. The van der Waals surface area contributed by atoms with E-state index in [-0.39, 0.29) is 0 Å². The molecule has 1 saturated heterocycles. The lowest BCUT2D eigenvalue weighted by Crippen LogP contribution is -2.51. The summed E-state index contributed by atoms with van der Waals surface area (Å²) in [7, 11) is 0. The van der Waals surface area contributed by atoms with Gasteiger partial charge in [0.2, 0.25) is 0 Å². The third-order valence-corrected chi connectivity index (χ3v) is 4.57. The molecule has 0 aromatic heterocycles. The Morgan fingerprint density at radius 1 is 0.923 bits per heavy atom. The first-order chi connectivity index (χ1) is 6.20. The van der Waals surface area contributed by atoms with Crippen molar-refractivity contribution in [1.29, 1.82) is 0 Å². The number of rotatable bonds is 0. The van der Waals surface area contributed by atoms with Crippen molar-refractivity contribution in [2.75, 3.05) is 6.54 Å². The summed E-state index contributed by atoms with van der Waals surface area (Å²) in [5.41, 5.74) is 0. The zero-order valence-electron chi connectivity index (χ0n) is 9.22. The SMILES string of the molecule is CC1CCC2NCCC(C)C2C1C. The second-order valence-corrected chi connectivity index (χ2v) is 5.32. The molecule has 0 radical (unpaired) electrons. The molecule has 2 fully saturated rings. The van der Waals surface area contributed by atoms with Crippen molar-refractivity contribution >= 4 is 0 Å². The van der Waals surface area contributed by atoms with Crippen molar-refractivity contribution in [3.05, 3.63) is 0 Å². The van der Waals surface area contributed by atoms with Crippen molar-refractivity contribution in [2.24, 2.45) is 23.7 Å². The summed E-state index contributed by atoms with van der Waals surface area (Å²) in [6, 6.07) is 0.843. The molecular weight excluding hydrogens is 158 g/mol. The average molecular weight is 181 g/mol. The summed E-state index contributed by atoms with van der Waals surface area (Å²) in [6.07, 6.45) is 4.24. The Bertz CT molecular complexity index is 176. The molecule has 1 saturated carbocycles. The summed E-state index contributed by atoms with van der Waals surface area (Å²) in [4.78, 5) is 0. The van der Waals surface area contributed by atoms with Crippen molar-refractivity contribution in [1.82, 2.24) is 5.32 Å². The summed E-state index contributed by atoms with van der Waals surface area (Å²) >= 11 is 0. The minimum Gasteiger partial charge on any atom is -0.314 e. The van der Waals surface area contributed by atoms with Crippen molar-refractivity contribution in [2.45, 2.75) is 46.1 Å². The Morgan fingerprint density at radius 2 is 1.69 bits per heavy atom. The van der Waals surface area contributed by atoms with E-state index in [0.29, 0.717) is 0 Å². The average Bonchev–Trinajstić information content (AvgIpc) is 2.12. The van der Waals surface area contributed by atoms with Crippen LogP contribution in [0.25, 0.3) is 0 Å². The van der Waals surface area contributed by atoms with Crippen LogP contribution in [-0.4, -0.2) is 12.6 Å². The highest BCUT2D eigenvalue weighted by atomic mass is 14.9. The third kappa shape index (κ3) is 1.63. The molecule has 76 valence electrons. The summed E-state index contributed by atoms with van der Waals surface area (Å²) < 4.78 is 0. The number of nitrogens with one attached hydrogen (secondary N) is 1. The number of fused-ring (bicyclic) bond motifs is 1. The number of hydrogen-bond acceptors (Lipinski definition) is 1. The fraction of sp³-hybridized carbons (Fsp3) is 1.00. The Hall–Kier alpha value is -0.0400. The smallest absolute Gasteiger partial charge is 0.0101 e. The lowest BCUT2D eigenvalue weighted by atomic mass is 9.64. The van der Waals surface area contributed by atoms with Gasteiger partial charge in [0.25, 0.3) is 0 Å². The van der Waals surface area contributed by atoms with E-state index < -0.39 is 0 Å². The monoisotopic (exact) mass is 181 g/mol. The molecule has 1 nitrogen and oxygen atoms in total. The molecule has 1 aliphatic heterocycles. The van der Waals surface area contributed by atoms with Gasteiger partial charge in [-0.1, -0.05) is 20.8 Å². The number of piperidine rings is 1. The number of hydrogen-bond donors (Lipinski definition) is 1. The van der Waals surface area contributed by atoms with E-state index in [4.69, 9.17) is 0 Å². The van der Waals surface area contributed by atoms with Crippen LogP contribution in [0.5, 0.6) is 0 Å². The minimum atomic E-state index is 0.843. The van der Waals surface area contributed by atoms with Gasteiger partial charge in [0.1, 0.15) is 0 Å². The van der Waals surface area contributed by atoms with Crippen LogP contribution in [0.3, 0.4) is 0 Å². The van der Waals surface area contributed by atoms with Gasteiger partial charge in [-0.05, 0) is 49.5 Å². The van der Waals surface area contributed by atoms with Crippen LogP contribution < -0.4 is 5.32 Å². The molecule has 5 atom stereocenters. The molecule has 2 aliphatic rings. The zero-order valence-corrected chi connectivity index (χ0v) is 9.22. The van der Waals surface area contributed by atoms with Gasteiger partial charge in [0.15, 0.2) is 0 Å². The van der Waals surface area contributed by atoms with E-state index in [1.165, 1.54) is 25.8 Å². The summed E-state index contributed by atoms with van der Waals surface area (Å²) in [6.45, 7) is 8.60. The minimum absolute atomic E-state index is 0.843. The second-order valence-electron chi connectivity index (χ2n) is 5.32. The fourth-order valence-corrected chi connectivity index (χ4v) is 3.49. The highest BCUT2D eigenvalue weighted by Crippen LogP contribution is 2.41. The normalized spacial score (nSPS) is 51.5. The maximum atomic E-state index is 3.70. The molecule has 1 heterocycles. The van der Waals surface area contributed by atoms with Crippen LogP contribution >= 0.6 is 0 Å². The molecular formula is C12H23N. The van der Waals surface area contributed by atoms with Gasteiger partial charge in [-0.3, -0.25) is 0 Å². The predicted molar refractivity (Wildman–Crippen MR) is 56.6 cm³/mol. The molecule has 0 aromatic carbocycles. The van der Waals surface area contributed by atoms with E-state index in [2.05, 4.69) is 26.1 Å². The summed E-state index contributed by atoms with van der Waals surface area (Å²) in [5, 5.41) is 3.70. The van der Waals surface area contributed by atoms with Gasteiger partial charge in [-0.2, -0.15) is 0 Å². The first-order valence-electron chi connectivity index (χ1n) is 5.93. The summed E-state index contributed by atoms with van der Waals surface area (Å²) in [5.74, 6) is 3.78. The Kier molecular flexibility index (Phi) is 2.64. The third-order valence-electron chi connectivity index (χ3n) is 4.57. The maximum Gasteiger partial charge on any atom is 0.0101 e. The van der Waals surface area contributed by atoms with Gasteiger partial charge in [0.05, 0.1) is 0 Å². The topological polar surface area (TPSA) is 12.0 Å². The molecule has 1 N–H and O–H groups in total. The van der Waals surface area contributed by atoms with E-state index in [1.54, 1.807) is 0 Å². The van der Waals surface area contributed by atoms with E-state index in [0.717, 1.165) is 29.7 Å². The molecule has 0 amide bonds. The van der Waals surface area contributed by atoms with Crippen LogP contribution in [0.1, 0.15) is 40.0 Å². The lowest BCUT2D eigenvalue weighted by Gasteiger charge is -2.47. The van der Waals surface area contributed by atoms with Crippen LogP contribution in [0, 0.1) is 23.7 Å². The fourth-order valence-electron chi connectivity index (χ4n) is 3.49. The largest absolute Gasteiger partial charge is 0.314 e. The van der Waals surface area contributed by atoms with Crippen molar-refractivity contribution in [3.8, 4) is 0 Å². The van der Waals surface area contributed by atoms with Gasteiger partial charge in [0, 0.05) is 6.04 Å². The Morgan fingerprint density at radius 3 is 2.46 bits per heavy atom. The molecule has 13 heavy (non-hydrogen) atoms. The zero-order chi connectivity index (χ0) is 9.42. The Labute approximate surface area is 82.3 Å². The molecule has 0 bridgehead atoms. The Balaban J connectivity index is 2.10. The molecule has 2 rings (SSSR count). The van der Waals surface area contributed by atoms with Gasteiger partial charge in [-0.25, -0.2) is 0 Å². The quantitative estimate of drug-likeness (QED) is 0.606. The molecule has 0 spiro atoms. The van der Waals surface area contributed by atoms with E-state index in [1.807, 2.05) is 0 Å². The van der Waals surface area contributed by atoms with E-state index >= 15 is 0 Å². The van der Waals surface area contributed by atoms with Gasteiger partial charge >= 0.3 is 0 Å². The highest BCUT2D eigenvalue weighted by molar-refractivity contribution is 4.93. The van der Waals surface area contributed by atoms with Crippen LogP contribution in [0.2, 0.25) is 0 Å².